The Hall–Kier alpha value is -1.10. The molecule has 2 heterocycles. The Morgan fingerprint density at radius 1 is 1.14 bits per heavy atom. The number of piperazine rings is 1. The summed E-state index contributed by atoms with van der Waals surface area (Å²) < 4.78 is 5.90. The molecule has 2 aliphatic heterocycles. The molecule has 0 amide bonds. The molecule has 0 aliphatic carbocycles. The van der Waals surface area contributed by atoms with Crippen molar-refractivity contribution < 1.29 is 9.84 Å². The highest BCUT2D eigenvalue weighted by Crippen LogP contribution is 2.37. The molecule has 0 radical (unpaired) electrons. The molecule has 1 aromatic rings. The Kier molecular flexibility index (Phi) is 4.71. The lowest BCUT2D eigenvalue weighted by atomic mass is 9.91. The summed E-state index contributed by atoms with van der Waals surface area (Å²) in [6.07, 6.45) is 0.497. The van der Waals surface area contributed by atoms with Crippen molar-refractivity contribution in [2.45, 2.75) is 26.4 Å². The zero-order valence-electron chi connectivity index (χ0n) is 14.0. The van der Waals surface area contributed by atoms with Crippen molar-refractivity contribution in [1.29, 1.82) is 0 Å². The Bertz CT molecular complexity index is 524. The quantitative estimate of drug-likeness (QED) is 0.906. The first-order chi connectivity index (χ1) is 10.5. The van der Waals surface area contributed by atoms with Crippen LogP contribution in [0.1, 0.15) is 29.2 Å². The molecule has 122 valence electrons. The molecular weight excluding hydrogens is 276 g/mol. The normalized spacial score (nSPS) is 27.1. The lowest BCUT2D eigenvalue weighted by Crippen LogP contribution is -2.46. The second-order valence-electron chi connectivity index (χ2n) is 6.92. The van der Waals surface area contributed by atoms with Crippen LogP contribution >= 0.6 is 0 Å². The van der Waals surface area contributed by atoms with Crippen molar-refractivity contribution >= 4 is 0 Å². The number of benzene rings is 1. The Balaban J connectivity index is 1.74. The topological polar surface area (TPSA) is 35.9 Å². The van der Waals surface area contributed by atoms with Gasteiger partial charge in [-0.25, -0.2) is 0 Å². The summed E-state index contributed by atoms with van der Waals surface area (Å²) in [6.45, 7) is 10.3. The maximum Gasteiger partial charge on any atom is 0.125 e. The average Bonchev–Trinajstić information content (AvgIpc) is 2.63. The van der Waals surface area contributed by atoms with Crippen LogP contribution in [0.2, 0.25) is 0 Å². The molecule has 2 unspecified atom stereocenters. The van der Waals surface area contributed by atoms with Crippen LogP contribution in [0.15, 0.2) is 12.1 Å². The van der Waals surface area contributed by atoms with Crippen LogP contribution in [-0.4, -0.2) is 61.3 Å². The van der Waals surface area contributed by atoms with Crippen LogP contribution in [-0.2, 0) is 0 Å². The summed E-state index contributed by atoms with van der Waals surface area (Å²) in [4.78, 5) is 4.85. The summed E-state index contributed by atoms with van der Waals surface area (Å²) in [7, 11) is 2.17. The lowest BCUT2D eigenvalue weighted by molar-refractivity contribution is 0.0585. The summed E-state index contributed by atoms with van der Waals surface area (Å²) in [5, 5.41) is 10.9. The third-order valence-corrected chi connectivity index (χ3v) is 5.23. The van der Waals surface area contributed by atoms with E-state index in [1.54, 1.807) is 0 Å². The molecule has 0 aromatic heterocycles. The van der Waals surface area contributed by atoms with E-state index in [1.807, 2.05) is 0 Å². The molecule has 1 saturated heterocycles. The minimum Gasteiger partial charge on any atom is -0.493 e. The number of hydrogen-bond acceptors (Lipinski definition) is 4. The highest BCUT2D eigenvalue weighted by atomic mass is 16.5. The minimum atomic E-state index is -0.420. The first kappa shape index (κ1) is 15.8. The van der Waals surface area contributed by atoms with Gasteiger partial charge in [0.2, 0.25) is 0 Å². The van der Waals surface area contributed by atoms with Gasteiger partial charge in [0.25, 0.3) is 0 Å². The predicted molar refractivity (Wildman–Crippen MR) is 88.4 cm³/mol. The largest absolute Gasteiger partial charge is 0.493 e. The first-order valence-electron chi connectivity index (χ1n) is 8.37. The third-order valence-electron chi connectivity index (χ3n) is 5.23. The van der Waals surface area contributed by atoms with Gasteiger partial charge in [-0.05, 0) is 50.6 Å². The van der Waals surface area contributed by atoms with E-state index in [9.17, 15) is 5.11 Å². The fraction of sp³-hybridized carbons (Fsp3) is 0.667. The molecule has 1 aromatic carbocycles. The highest BCUT2D eigenvalue weighted by Gasteiger charge is 2.29. The van der Waals surface area contributed by atoms with E-state index in [4.69, 9.17) is 4.74 Å². The van der Waals surface area contributed by atoms with Gasteiger partial charge in [-0.3, -0.25) is 0 Å². The van der Waals surface area contributed by atoms with Gasteiger partial charge in [-0.15, -0.1) is 0 Å². The lowest BCUT2D eigenvalue weighted by Gasteiger charge is -2.35. The number of ether oxygens (including phenoxy) is 1. The Labute approximate surface area is 133 Å². The van der Waals surface area contributed by atoms with E-state index in [2.05, 4.69) is 42.8 Å². The van der Waals surface area contributed by atoms with Crippen molar-refractivity contribution in [2.24, 2.45) is 5.92 Å². The van der Waals surface area contributed by atoms with Crippen LogP contribution in [0.25, 0.3) is 0 Å². The van der Waals surface area contributed by atoms with Gasteiger partial charge < -0.3 is 19.6 Å². The van der Waals surface area contributed by atoms with Crippen LogP contribution in [0, 0.1) is 19.8 Å². The molecule has 0 bridgehead atoms. The summed E-state index contributed by atoms with van der Waals surface area (Å²) in [6, 6.07) is 4.18. The smallest absolute Gasteiger partial charge is 0.125 e. The summed E-state index contributed by atoms with van der Waals surface area (Å²) >= 11 is 0. The molecule has 2 atom stereocenters. The third kappa shape index (κ3) is 3.29. The molecule has 1 fully saturated rings. The maximum absolute atomic E-state index is 10.9. The monoisotopic (exact) mass is 304 g/mol. The number of hydrogen-bond donors (Lipinski definition) is 1. The fourth-order valence-electron chi connectivity index (χ4n) is 3.45. The van der Waals surface area contributed by atoms with Gasteiger partial charge in [0, 0.05) is 44.2 Å². The van der Waals surface area contributed by atoms with Crippen LogP contribution in [0.5, 0.6) is 5.75 Å². The van der Waals surface area contributed by atoms with Crippen LogP contribution in [0.4, 0.5) is 0 Å². The van der Waals surface area contributed by atoms with Gasteiger partial charge in [0.05, 0.1) is 12.7 Å². The van der Waals surface area contributed by atoms with Crippen molar-refractivity contribution in [3.05, 3.63) is 28.8 Å². The van der Waals surface area contributed by atoms with Gasteiger partial charge in [0.15, 0.2) is 0 Å². The average molecular weight is 304 g/mol. The van der Waals surface area contributed by atoms with Crippen molar-refractivity contribution in [3.63, 3.8) is 0 Å². The van der Waals surface area contributed by atoms with Gasteiger partial charge in [-0.2, -0.15) is 0 Å². The SMILES string of the molecule is Cc1cc2c(cc1C)C(O)C(CN1CCN(C)CC1)CCO2. The second kappa shape index (κ2) is 6.57. The minimum absolute atomic E-state index is 0.256. The van der Waals surface area contributed by atoms with E-state index >= 15 is 0 Å². The molecule has 4 nitrogen and oxygen atoms in total. The molecule has 2 aliphatic rings. The first-order valence-corrected chi connectivity index (χ1v) is 8.37. The van der Waals surface area contributed by atoms with Crippen molar-refractivity contribution in [3.8, 4) is 5.75 Å². The number of fused-ring (bicyclic) bond motifs is 1. The predicted octanol–water partition coefficient (Wildman–Crippen LogP) is 1.98. The number of aliphatic hydroxyl groups excluding tert-OH is 1. The van der Waals surface area contributed by atoms with E-state index in [-0.39, 0.29) is 5.92 Å². The number of nitrogens with zero attached hydrogens (tertiary/aromatic N) is 2. The molecular formula is C18H28N2O2. The second-order valence-corrected chi connectivity index (χ2v) is 6.92. The van der Waals surface area contributed by atoms with Crippen LogP contribution in [0.3, 0.4) is 0 Å². The number of aryl methyl sites for hydroxylation is 2. The van der Waals surface area contributed by atoms with Crippen molar-refractivity contribution in [2.75, 3.05) is 46.4 Å². The summed E-state index contributed by atoms with van der Waals surface area (Å²) in [5.74, 6) is 1.13. The molecule has 3 rings (SSSR count). The number of likely N-dealkylation sites (N-methyl/N-ethyl adjacent to an activating group) is 1. The fourth-order valence-corrected chi connectivity index (χ4v) is 3.45. The highest BCUT2D eigenvalue weighted by molar-refractivity contribution is 5.43. The summed E-state index contributed by atoms with van der Waals surface area (Å²) in [5.41, 5.74) is 3.42. The number of aliphatic hydroxyl groups is 1. The zero-order valence-corrected chi connectivity index (χ0v) is 14.0. The maximum atomic E-state index is 10.9. The number of rotatable bonds is 2. The van der Waals surface area contributed by atoms with E-state index in [0.717, 1.165) is 50.5 Å². The Morgan fingerprint density at radius 2 is 1.82 bits per heavy atom. The molecule has 4 heteroatoms. The van der Waals surface area contributed by atoms with Gasteiger partial charge in [-0.1, -0.05) is 0 Å². The van der Waals surface area contributed by atoms with E-state index in [1.165, 1.54) is 11.1 Å². The zero-order chi connectivity index (χ0) is 15.7. The van der Waals surface area contributed by atoms with Crippen LogP contribution < -0.4 is 4.74 Å². The molecule has 22 heavy (non-hydrogen) atoms. The van der Waals surface area contributed by atoms with Crippen molar-refractivity contribution in [1.82, 2.24) is 9.80 Å². The van der Waals surface area contributed by atoms with E-state index < -0.39 is 6.10 Å². The standard InChI is InChI=1S/C18H28N2O2/c1-13-10-16-17(11-14(13)2)22-9-4-15(18(16)21)12-20-7-5-19(3)6-8-20/h10-11,15,18,21H,4-9,12H2,1-3H3. The van der Waals surface area contributed by atoms with E-state index in [0.29, 0.717) is 6.61 Å². The molecule has 0 saturated carbocycles. The Morgan fingerprint density at radius 3 is 2.55 bits per heavy atom. The van der Waals surface area contributed by atoms with Gasteiger partial charge in [0.1, 0.15) is 5.75 Å². The van der Waals surface area contributed by atoms with Gasteiger partial charge >= 0.3 is 0 Å². The molecule has 0 spiro atoms. The molecule has 1 N–H and O–H groups in total.